The third-order valence-corrected chi connectivity index (χ3v) is 4.56. The molecule has 0 bridgehead atoms. The Hall–Kier alpha value is -0.470. The molecule has 0 saturated heterocycles. The van der Waals surface area contributed by atoms with Gasteiger partial charge in [0.2, 0.25) is 0 Å². The second-order valence-corrected chi connectivity index (χ2v) is 6.40. The summed E-state index contributed by atoms with van der Waals surface area (Å²) in [6.07, 6.45) is 9.90. The van der Waals surface area contributed by atoms with Gasteiger partial charge < -0.3 is 5.32 Å². The summed E-state index contributed by atoms with van der Waals surface area (Å²) < 4.78 is 0. The van der Waals surface area contributed by atoms with Gasteiger partial charge in [-0.1, -0.05) is 51.0 Å². The van der Waals surface area contributed by atoms with Crippen molar-refractivity contribution in [1.82, 2.24) is 5.32 Å². The lowest BCUT2D eigenvalue weighted by molar-refractivity contribution is 0.498. The molecular weight excluding hydrogens is 262 g/mol. The van der Waals surface area contributed by atoms with Crippen molar-refractivity contribution in [2.45, 2.75) is 58.4 Å². The van der Waals surface area contributed by atoms with Crippen LogP contribution in [0.4, 0.5) is 0 Å². The zero-order valence-electron chi connectivity index (χ0n) is 13.5. The zero-order chi connectivity index (χ0) is 14.6. The number of benzene rings is 1. The number of nitrogens with one attached hydrogen (secondary N) is 1. The average molecular weight is 294 g/mol. The Morgan fingerprint density at radius 2 is 1.70 bits per heavy atom. The van der Waals surface area contributed by atoms with Gasteiger partial charge >= 0.3 is 0 Å². The standard InChI is InChI=1S/C18H31NS/c1-4-16-10-12-17(13-11-16)18(5-2)19-14-8-6-7-9-15-20-3/h10-13,18-19H,4-9,14-15H2,1-3H3. The molecule has 0 aliphatic rings. The van der Waals surface area contributed by atoms with Crippen LogP contribution in [-0.2, 0) is 6.42 Å². The molecule has 114 valence electrons. The van der Waals surface area contributed by atoms with Crippen LogP contribution < -0.4 is 5.32 Å². The second kappa shape index (κ2) is 11.2. The van der Waals surface area contributed by atoms with Crippen LogP contribution in [0.5, 0.6) is 0 Å². The molecule has 0 radical (unpaired) electrons. The molecule has 20 heavy (non-hydrogen) atoms. The summed E-state index contributed by atoms with van der Waals surface area (Å²) >= 11 is 1.96. The summed E-state index contributed by atoms with van der Waals surface area (Å²) in [5.41, 5.74) is 2.87. The van der Waals surface area contributed by atoms with Crippen LogP contribution in [0.2, 0.25) is 0 Å². The Labute approximate surface area is 129 Å². The van der Waals surface area contributed by atoms with Crippen LogP contribution in [-0.4, -0.2) is 18.6 Å². The summed E-state index contributed by atoms with van der Waals surface area (Å²) in [6.45, 7) is 5.62. The molecule has 0 fully saturated rings. The summed E-state index contributed by atoms with van der Waals surface area (Å²) in [5, 5.41) is 3.71. The quantitative estimate of drug-likeness (QED) is 0.562. The highest BCUT2D eigenvalue weighted by Gasteiger charge is 2.07. The summed E-state index contributed by atoms with van der Waals surface area (Å²) in [4.78, 5) is 0. The Morgan fingerprint density at radius 3 is 2.30 bits per heavy atom. The molecule has 0 amide bonds. The lowest BCUT2D eigenvalue weighted by Gasteiger charge is -2.18. The molecule has 0 saturated carbocycles. The number of rotatable bonds is 11. The molecule has 0 aliphatic carbocycles. The molecule has 1 aromatic carbocycles. The Morgan fingerprint density at radius 1 is 1.00 bits per heavy atom. The maximum absolute atomic E-state index is 3.71. The van der Waals surface area contributed by atoms with E-state index in [0.717, 1.165) is 19.4 Å². The molecule has 1 rings (SSSR count). The van der Waals surface area contributed by atoms with Crippen LogP contribution in [0.1, 0.15) is 63.1 Å². The van der Waals surface area contributed by atoms with Crippen molar-refractivity contribution in [3.63, 3.8) is 0 Å². The van der Waals surface area contributed by atoms with Crippen molar-refractivity contribution < 1.29 is 0 Å². The van der Waals surface area contributed by atoms with Crippen molar-refractivity contribution in [2.24, 2.45) is 0 Å². The predicted molar refractivity (Wildman–Crippen MR) is 93.7 cm³/mol. The van der Waals surface area contributed by atoms with Crippen molar-refractivity contribution in [3.8, 4) is 0 Å². The third-order valence-electron chi connectivity index (χ3n) is 3.86. The Balaban J connectivity index is 2.24. The van der Waals surface area contributed by atoms with Gasteiger partial charge in [-0.25, -0.2) is 0 Å². The minimum atomic E-state index is 0.520. The largest absolute Gasteiger partial charge is 0.310 e. The van der Waals surface area contributed by atoms with Gasteiger partial charge in [0.15, 0.2) is 0 Å². The predicted octanol–water partition coefficient (Wildman–Crippen LogP) is 5.21. The van der Waals surface area contributed by atoms with Gasteiger partial charge in [-0.3, -0.25) is 0 Å². The first kappa shape index (κ1) is 17.6. The highest BCUT2D eigenvalue weighted by Crippen LogP contribution is 2.17. The van der Waals surface area contributed by atoms with Gasteiger partial charge in [-0.2, -0.15) is 11.8 Å². The van der Waals surface area contributed by atoms with E-state index in [1.807, 2.05) is 11.8 Å². The van der Waals surface area contributed by atoms with Crippen molar-refractivity contribution in [1.29, 1.82) is 0 Å². The fraction of sp³-hybridized carbons (Fsp3) is 0.667. The van der Waals surface area contributed by atoms with Crippen LogP contribution in [0.15, 0.2) is 24.3 Å². The van der Waals surface area contributed by atoms with Gasteiger partial charge in [0.25, 0.3) is 0 Å². The number of aryl methyl sites for hydroxylation is 1. The minimum absolute atomic E-state index is 0.520. The summed E-state index contributed by atoms with van der Waals surface area (Å²) in [5.74, 6) is 1.31. The van der Waals surface area contributed by atoms with E-state index in [-0.39, 0.29) is 0 Å². The maximum Gasteiger partial charge on any atom is 0.0317 e. The molecule has 1 atom stereocenters. The molecule has 1 N–H and O–H groups in total. The second-order valence-electron chi connectivity index (χ2n) is 5.42. The van der Waals surface area contributed by atoms with Crippen molar-refractivity contribution >= 4 is 11.8 Å². The van der Waals surface area contributed by atoms with E-state index in [0.29, 0.717) is 6.04 Å². The van der Waals surface area contributed by atoms with Crippen molar-refractivity contribution in [3.05, 3.63) is 35.4 Å². The molecule has 1 unspecified atom stereocenters. The normalized spacial score (nSPS) is 12.6. The number of hydrogen-bond donors (Lipinski definition) is 1. The summed E-state index contributed by atoms with van der Waals surface area (Å²) in [6, 6.07) is 9.63. The molecular formula is C18H31NS. The van der Waals surface area contributed by atoms with E-state index in [2.05, 4.69) is 49.7 Å². The Bertz CT molecular complexity index is 334. The molecule has 2 heteroatoms. The minimum Gasteiger partial charge on any atom is -0.310 e. The first-order chi connectivity index (χ1) is 9.81. The van der Waals surface area contributed by atoms with Crippen LogP contribution in [0, 0.1) is 0 Å². The van der Waals surface area contributed by atoms with E-state index in [1.54, 1.807) is 0 Å². The Kier molecular flexibility index (Phi) is 9.86. The van der Waals surface area contributed by atoms with Crippen LogP contribution in [0.25, 0.3) is 0 Å². The smallest absolute Gasteiger partial charge is 0.0317 e. The summed E-state index contributed by atoms with van der Waals surface area (Å²) in [7, 11) is 0. The van der Waals surface area contributed by atoms with E-state index in [4.69, 9.17) is 0 Å². The molecule has 0 aliphatic heterocycles. The highest BCUT2D eigenvalue weighted by molar-refractivity contribution is 7.98. The van der Waals surface area contributed by atoms with Crippen LogP contribution in [0.3, 0.4) is 0 Å². The third kappa shape index (κ3) is 6.81. The number of hydrogen-bond acceptors (Lipinski definition) is 2. The molecule has 0 aromatic heterocycles. The molecule has 0 heterocycles. The zero-order valence-corrected chi connectivity index (χ0v) is 14.3. The van der Waals surface area contributed by atoms with Gasteiger partial charge in [-0.05, 0) is 55.4 Å². The van der Waals surface area contributed by atoms with Gasteiger partial charge in [0.1, 0.15) is 0 Å². The van der Waals surface area contributed by atoms with E-state index < -0.39 is 0 Å². The lowest BCUT2D eigenvalue weighted by Crippen LogP contribution is -2.21. The van der Waals surface area contributed by atoms with E-state index in [9.17, 15) is 0 Å². The monoisotopic (exact) mass is 293 g/mol. The first-order valence-corrected chi connectivity index (χ1v) is 9.52. The SMILES string of the molecule is CCc1ccc(C(CC)NCCCCCCSC)cc1. The van der Waals surface area contributed by atoms with Gasteiger partial charge in [-0.15, -0.1) is 0 Å². The molecule has 1 aromatic rings. The first-order valence-electron chi connectivity index (χ1n) is 8.13. The topological polar surface area (TPSA) is 12.0 Å². The van der Waals surface area contributed by atoms with Crippen molar-refractivity contribution in [2.75, 3.05) is 18.6 Å². The van der Waals surface area contributed by atoms with Gasteiger partial charge in [0.05, 0.1) is 0 Å². The fourth-order valence-electron chi connectivity index (χ4n) is 2.48. The lowest BCUT2D eigenvalue weighted by atomic mass is 10.0. The number of thioether (sulfide) groups is 1. The average Bonchev–Trinajstić information content (AvgIpc) is 2.50. The van der Waals surface area contributed by atoms with E-state index in [1.165, 1.54) is 42.6 Å². The molecule has 1 nitrogen and oxygen atoms in total. The highest BCUT2D eigenvalue weighted by atomic mass is 32.2. The maximum atomic E-state index is 3.71. The van der Waals surface area contributed by atoms with Crippen LogP contribution >= 0.6 is 11.8 Å². The fourth-order valence-corrected chi connectivity index (χ4v) is 2.98. The number of unbranched alkanes of at least 4 members (excludes halogenated alkanes) is 3. The van der Waals surface area contributed by atoms with E-state index >= 15 is 0 Å². The molecule has 0 spiro atoms. The van der Waals surface area contributed by atoms with Gasteiger partial charge in [0, 0.05) is 6.04 Å².